The molecule has 0 bridgehead atoms. The second-order valence-corrected chi connectivity index (χ2v) is 13.0. The molecule has 0 spiro atoms. The minimum absolute atomic E-state index is 0.00493. The lowest BCUT2D eigenvalue weighted by Crippen LogP contribution is -2.53. The number of nitrogens with one attached hydrogen (secondary N) is 1. The molecular formula is C37H35N3O7. The molecule has 6 atom stereocenters. The number of carboxylic acids is 1. The van der Waals surface area contributed by atoms with Crippen LogP contribution in [-0.4, -0.2) is 56.3 Å². The Labute approximate surface area is 271 Å². The van der Waals surface area contributed by atoms with E-state index in [4.69, 9.17) is 5.11 Å². The lowest BCUT2D eigenvalue weighted by Gasteiger charge is -2.50. The average molecular weight is 634 g/mol. The van der Waals surface area contributed by atoms with E-state index in [1.807, 2.05) is 55.5 Å². The molecule has 3 fully saturated rings. The second kappa shape index (κ2) is 11.5. The molecule has 3 N–H and O–H groups in total. The maximum Gasteiger partial charge on any atom is 0.303 e. The molecule has 47 heavy (non-hydrogen) atoms. The Hall–Kier alpha value is -5.25. The van der Waals surface area contributed by atoms with E-state index in [1.54, 1.807) is 36.4 Å². The van der Waals surface area contributed by atoms with Crippen LogP contribution < -0.4 is 5.43 Å². The van der Waals surface area contributed by atoms with Gasteiger partial charge in [0.2, 0.25) is 11.8 Å². The van der Waals surface area contributed by atoms with Crippen molar-refractivity contribution in [3.63, 3.8) is 0 Å². The predicted octanol–water partition coefficient (Wildman–Crippen LogP) is 4.55. The summed E-state index contributed by atoms with van der Waals surface area (Å²) in [5.74, 6) is -6.39. The van der Waals surface area contributed by atoms with Crippen LogP contribution in [0, 0.1) is 30.6 Å². The predicted molar refractivity (Wildman–Crippen MR) is 170 cm³/mol. The smallest absolute Gasteiger partial charge is 0.303 e. The van der Waals surface area contributed by atoms with E-state index in [0.29, 0.717) is 16.8 Å². The molecule has 2 saturated heterocycles. The SMILES string of the molecule is Cc1ccc(NN2C(=O)[C@@H]3C[C@@H]4C(=CC[C@@H]5C(=O)N(CCCC(=O)O)C(=O)[C@@H]54)[C@H](c4ccccc4O)[C@]3(c3ccccc3)C2=O)cc1. The third-order valence-electron chi connectivity index (χ3n) is 10.5. The molecule has 0 aromatic heterocycles. The summed E-state index contributed by atoms with van der Waals surface area (Å²) in [4.78, 5) is 69.5. The van der Waals surface area contributed by atoms with Gasteiger partial charge in [-0.05, 0) is 55.9 Å². The Morgan fingerprint density at radius 1 is 0.894 bits per heavy atom. The summed E-state index contributed by atoms with van der Waals surface area (Å²) in [6.07, 6.45) is 2.30. The summed E-state index contributed by atoms with van der Waals surface area (Å²) >= 11 is 0. The summed E-state index contributed by atoms with van der Waals surface area (Å²) in [5.41, 5.74) is 5.01. The summed E-state index contributed by atoms with van der Waals surface area (Å²) < 4.78 is 0. The highest BCUT2D eigenvalue weighted by molar-refractivity contribution is 6.13. The fourth-order valence-corrected chi connectivity index (χ4v) is 8.50. The van der Waals surface area contributed by atoms with Crippen molar-refractivity contribution in [3.05, 3.63) is 107 Å². The number of amides is 4. The van der Waals surface area contributed by atoms with Crippen LogP contribution in [0.2, 0.25) is 0 Å². The van der Waals surface area contributed by atoms with Gasteiger partial charge in [0.25, 0.3) is 11.8 Å². The van der Waals surface area contributed by atoms with Gasteiger partial charge in [-0.2, -0.15) is 5.01 Å². The third kappa shape index (κ3) is 4.65. The first kappa shape index (κ1) is 30.4. The fourth-order valence-electron chi connectivity index (χ4n) is 8.50. The molecule has 4 amide bonds. The average Bonchev–Trinajstić information content (AvgIpc) is 3.43. The number of aromatic hydroxyl groups is 1. The third-order valence-corrected chi connectivity index (χ3v) is 10.5. The van der Waals surface area contributed by atoms with Crippen LogP contribution >= 0.6 is 0 Å². The fraction of sp³-hybridized carbons (Fsp3) is 0.324. The number of aliphatic carboxylic acids is 1. The minimum atomic E-state index is -1.46. The van der Waals surface area contributed by atoms with Gasteiger partial charge < -0.3 is 10.2 Å². The number of fused-ring (bicyclic) bond motifs is 4. The van der Waals surface area contributed by atoms with Gasteiger partial charge in [-0.25, -0.2) is 0 Å². The van der Waals surface area contributed by atoms with Crippen molar-refractivity contribution in [3.8, 4) is 5.75 Å². The Kier molecular flexibility index (Phi) is 7.45. The number of benzene rings is 3. The van der Waals surface area contributed by atoms with Crippen molar-refractivity contribution in [1.82, 2.24) is 9.91 Å². The second-order valence-electron chi connectivity index (χ2n) is 13.0. The number of hydrogen-bond acceptors (Lipinski definition) is 7. The van der Waals surface area contributed by atoms with E-state index in [2.05, 4.69) is 5.43 Å². The molecule has 0 radical (unpaired) electrons. The van der Waals surface area contributed by atoms with E-state index in [-0.39, 0.29) is 49.8 Å². The first-order valence-electron chi connectivity index (χ1n) is 16.0. The number of hydrogen-bond donors (Lipinski definition) is 3. The lowest BCUT2D eigenvalue weighted by molar-refractivity contribution is -0.142. The number of carboxylic acid groups (broad SMARTS) is 1. The van der Waals surface area contributed by atoms with Crippen LogP contribution in [0.5, 0.6) is 5.75 Å². The Morgan fingerprint density at radius 2 is 1.60 bits per heavy atom. The number of rotatable bonds is 8. The molecule has 4 aliphatic rings. The topological polar surface area (TPSA) is 144 Å². The molecular weight excluding hydrogens is 598 g/mol. The maximum atomic E-state index is 15.0. The number of allylic oxidation sites excluding steroid dienone is 2. The summed E-state index contributed by atoms with van der Waals surface area (Å²) in [6.45, 7) is 1.95. The number of para-hydroxylation sites is 1. The number of phenolic OH excluding ortho intramolecular Hbond substituents is 1. The van der Waals surface area contributed by atoms with Crippen molar-refractivity contribution in [1.29, 1.82) is 0 Å². The number of nitrogens with zero attached hydrogens (tertiary/aromatic N) is 2. The van der Waals surface area contributed by atoms with Crippen molar-refractivity contribution >= 4 is 35.3 Å². The highest BCUT2D eigenvalue weighted by atomic mass is 16.4. The quantitative estimate of drug-likeness (QED) is 0.242. The zero-order valence-electron chi connectivity index (χ0n) is 25.8. The number of phenols is 1. The number of carbonyl (C=O) groups excluding carboxylic acids is 4. The number of hydrazine groups is 1. The van der Waals surface area contributed by atoms with Crippen molar-refractivity contribution in [2.24, 2.45) is 23.7 Å². The molecule has 10 nitrogen and oxygen atoms in total. The zero-order chi connectivity index (χ0) is 33.0. The molecule has 3 aromatic rings. The number of aryl methyl sites for hydroxylation is 1. The van der Waals surface area contributed by atoms with Gasteiger partial charge >= 0.3 is 5.97 Å². The Balaban J connectivity index is 1.39. The molecule has 7 rings (SSSR count). The highest BCUT2D eigenvalue weighted by Gasteiger charge is 2.70. The van der Waals surface area contributed by atoms with Crippen LogP contribution in [-0.2, 0) is 29.4 Å². The lowest BCUT2D eigenvalue weighted by atomic mass is 9.49. The van der Waals surface area contributed by atoms with E-state index < -0.39 is 52.8 Å². The van der Waals surface area contributed by atoms with Gasteiger partial charge in [-0.1, -0.05) is 77.9 Å². The van der Waals surface area contributed by atoms with E-state index in [0.717, 1.165) is 16.1 Å². The van der Waals surface area contributed by atoms with Crippen LogP contribution in [0.15, 0.2) is 90.5 Å². The Morgan fingerprint density at radius 3 is 2.30 bits per heavy atom. The summed E-state index contributed by atoms with van der Waals surface area (Å²) in [7, 11) is 0. The molecule has 3 aromatic carbocycles. The molecule has 0 unspecified atom stereocenters. The Bertz CT molecular complexity index is 1820. The number of anilines is 1. The van der Waals surface area contributed by atoms with Gasteiger partial charge in [0.15, 0.2) is 0 Å². The first-order valence-corrected chi connectivity index (χ1v) is 16.0. The number of carbonyl (C=O) groups is 5. The highest BCUT2D eigenvalue weighted by Crippen LogP contribution is 2.64. The standard InChI is InChI=1S/C37H35N3O7/c1-21-13-15-23(16-14-21)38-40-34(45)28-20-27-24(17-18-26-31(27)35(46)39(33(26)44)19-7-12-30(42)43)32(25-10-5-6-11-29(25)41)37(28,36(40)47)22-8-3-2-4-9-22/h2-6,8-11,13-17,26-28,31-32,38,41H,7,12,18-20H2,1H3,(H,42,43)/t26-,27+,28-,31-,32+,37+/m0/s1. The normalized spacial score (nSPS) is 28.1. The van der Waals surface area contributed by atoms with Gasteiger partial charge in [-0.15, -0.1) is 0 Å². The number of likely N-dealkylation sites (tertiary alicyclic amines) is 1. The maximum absolute atomic E-state index is 15.0. The van der Waals surface area contributed by atoms with Crippen LogP contribution in [0.25, 0.3) is 0 Å². The molecule has 10 heteroatoms. The van der Waals surface area contributed by atoms with Crippen molar-refractivity contribution in [2.75, 3.05) is 12.0 Å². The largest absolute Gasteiger partial charge is 0.508 e. The summed E-state index contributed by atoms with van der Waals surface area (Å²) in [6, 6.07) is 23.3. The van der Waals surface area contributed by atoms with Crippen molar-refractivity contribution < 1.29 is 34.2 Å². The molecule has 2 heterocycles. The van der Waals surface area contributed by atoms with E-state index in [1.165, 1.54) is 4.90 Å². The molecule has 2 aliphatic carbocycles. The first-order chi connectivity index (χ1) is 22.6. The molecule has 240 valence electrons. The minimum Gasteiger partial charge on any atom is -0.508 e. The van der Waals surface area contributed by atoms with Crippen LogP contribution in [0.3, 0.4) is 0 Å². The van der Waals surface area contributed by atoms with Crippen molar-refractivity contribution in [2.45, 2.75) is 43.9 Å². The van der Waals surface area contributed by atoms with Crippen LogP contribution in [0.1, 0.15) is 48.3 Å². The van der Waals surface area contributed by atoms with Gasteiger partial charge in [0.05, 0.1) is 28.9 Å². The van der Waals surface area contributed by atoms with Crippen LogP contribution in [0.4, 0.5) is 5.69 Å². The molecule has 2 aliphatic heterocycles. The van der Waals surface area contributed by atoms with Gasteiger partial charge in [0.1, 0.15) is 5.75 Å². The van der Waals surface area contributed by atoms with E-state index in [9.17, 15) is 24.3 Å². The molecule has 1 saturated carbocycles. The summed E-state index contributed by atoms with van der Waals surface area (Å²) in [5, 5.41) is 21.6. The monoisotopic (exact) mass is 633 g/mol. The number of imide groups is 2. The van der Waals surface area contributed by atoms with E-state index >= 15 is 4.79 Å². The zero-order valence-corrected chi connectivity index (χ0v) is 25.8. The van der Waals surface area contributed by atoms with Gasteiger partial charge in [-0.3, -0.25) is 34.3 Å². The van der Waals surface area contributed by atoms with Gasteiger partial charge in [0, 0.05) is 24.4 Å².